The summed E-state index contributed by atoms with van der Waals surface area (Å²) in [5.41, 5.74) is 0.730. The molecule has 1 N–H and O–H groups in total. The molecule has 1 aliphatic carbocycles. The Balaban J connectivity index is 2.28. The summed E-state index contributed by atoms with van der Waals surface area (Å²) in [4.78, 5) is 15.5. The van der Waals surface area contributed by atoms with E-state index in [-0.39, 0.29) is 5.41 Å². The SMILES string of the molecule is Cc1nc(C(O)C2(C)CC2)sc1C=O. The fourth-order valence-electron chi connectivity index (χ4n) is 1.42. The van der Waals surface area contributed by atoms with Gasteiger partial charge in [-0.1, -0.05) is 6.92 Å². The Bertz CT molecular complexity index is 368. The number of hydrogen-bond donors (Lipinski definition) is 1. The molecule has 0 bridgehead atoms. The maximum atomic E-state index is 10.6. The molecule has 1 heterocycles. The Morgan fingerprint density at radius 1 is 1.64 bits per heavy atom. The molecule has 3 nitrogen and oxygen atoms in total. The van der Waals surface area contributed by atoms with Gasteiger partial charge in [0, 0.05) is 5.41 Å². The van der Waals surface area contributed by atoms with E-state index in [0.717, 1.165) is 24.8 Å². The molecule has 2 rings (SSSR count). The monoisotopic (exact) mass is 211 g/mol. The van der Waals surface area contributed by atoms with Crippen LogP contribution in [0.25, 0.3) is 0 Å². The lowest BCUT2D eigenvalue weighted by Gasteiger charge is -2.13. The van der Waals surface area contributed by atoms with E-state index in [1.807, 2.05) is 0 Å². The first-order chi connectivity index (χ1) is 6.57. The third-order valence-corrected chi connectivity index (χ3v) is 4.02. The number of thiazole rings is 1. The number of aromatic nitrogens is 1. The Kier molecular flexibility index (Phi) is 2.20. The Morgan fingerprint density at radius 2 is 2.29 bits per heavy atom. The highest BCUT2D eigenvalue weighted by molar-refractivity contribution is 7.13. The molecule has 0 aromatic carbocycles. The fraction of sp³-hybridized carbons (Fsp3) is 0.600. The van der Waals surface area contributed by atoms with Crippen molar-refractivity contribution in [2.75, 3.05) is 0 Å². The van der Waals surface area contributed by atoms with Crippen LogP contribution in [0.4, 0.5) is 0 Å². The molecule has 76 valence electrons. The van der Waals surface area contributed by atoms with Crippen LogP contribution in [0.15, 0.2) is 0 Å². The summed E-state index contributed by atoms with van der Waals surface area (Å²) in [6.45, 7) is 3.85. The lowest BCUT2D eigenvalue weighted by molar-refractivity contribution is 0.103. The van der Waals surface area contributed by atoms with Crippen molar-refractivity contribution in [1.82, 2.24) is 4.98 Å². The minimum atomic E-state index is -0.500. The normalized spacial score (nSPS) is 20.5. The first kappa shape index (κ1) is 9.80. The Morgan fingerprint density at radius 3 is 2.71 bits per heavy atom. The van der Waals surface area contributed by atoms with E-state index in [1.165, 1.54) is 11.3 Å². The van der Waals surface area contributed by atoms with Crippen molar-refractivity contribution >= 4 is 17.6 Å². The first-order valence-electron chi connectivity index (χ1n) is 4.67. The van der Waals surface area contributed by atoms with Gasteiger partial charge >= 0.3 is 0 Å². The van der Waals surface area contributed by atoms with Gasteiger partial charge in [-0.25, -0.2) is 4.98 Å². The number of aldehydes is 1. The molecule has 1 aromatic heterocycles. The van der Waals surface area contributed by atoms with Crippen molar-refractivity contribution in [2.24, 2.45) is 5.41 Å². The summed E-state index contributed by atoms with van der Waals surface area (Å²) in [5.74, 6) is 0. The van der Waals surface area contributed by atoms with Crippen molar-refractivity contribution in [3.63, 3.8) is 0 Å². The van der Waals surface area contributed by atoms with E-state index in [0.29, 0.717) is 9.88 Å². The number of aryl methyl sites for hydroxylation is 1. The minimum Gasteiger partial charge on any atom is -0.385 e. The van der Waals surface area contributed by atoms with Crippen LogP contribution < -0.4 is 0 Å². The Hall–Kier alpha value is -0.740. The van der Waals surface area contributed by atoms with E-state index in [4.69, 9.17) is 0 Å². The molecular weight excluding hydrogens is 198 g/mol. The van der Waals surface area contributed by atoms with Crippen LogP contribution in [-0.4, -0.2) is 16.4 Å². The summed E-state index contributed by atoms with van der Waals surface area (Å²) in [7, 11) is 0. The molecule has 14 heavy (non-hydrogen) atoms. The molecule has 0 spiro atoms. The summed E-state index contributed by atoms with van der Waals surface area (Å²) in [6.07, 6.45) is 2.39. The summed E-state index contributed by atoms with van der Waals surface area (Å²) < 4.78 is 0. The highest BCUT2D eigenvalue weighted by atomic mass is 32.1. The predicted octanol–water partition coefficient (Wildman–Crippen LogP) is 2.10. The van der Waals surface area contributed by atoms with Crippen molar-refractivity contribution in [2.45, 2.75) is 32.8 Å². The third kappa shape index (κ3) is 1.48. The maximum Gasteiger partial charge on any atom is 0.161 e. The number of hydrogen-bond acceptors (Lipinski definition) is 4. The largest absolute Gasteiger partial charge is 0.385 e. The molecule has 0 amide bonds. The second-order valence-electron chi connectivity index (χ2n) is 4.18. The number of nitrogens with zero attached hydrogens (tertiary/aromatic N) is 1. The van der Waals surface area contributed by atoms with Gasteiger partial charge in [0.15, 0.2) is 6.29 Å². The fourth-order valence-corrected chi connectivity index (χ4v) is 2.47. The van der Waals surface area contributed by atoms with Gasteiger partial charge in [-0.3, -0.25) is 4.79 Å². The molecule has 0 aliphatic heterocycles. The van der Waals surface area contributed by atoms with Crippen LogP contribution in [0, 0.1) is 12.3 Å². The first-order valence-corrected chi connectivity index (χ1v) is 5.49. The van der Waals surface area contributed by atoms with Crippen LogP contribution in [0.3, 0.4) is 0 Å². The smallest absolute Gasteiger partial charge is 0.161 e. The predicted molar refractivity (Wildman–Crippen MR) is 54.5 cm³/mol. The number of aliphatic hydroxyl groups excluding tert-OH is 1. The van der Waals surface area contributed by atoms with Crippen molar-refractivity contribution in [3.8, 4) is 0 Å². The average Bonchev–Trinajstić information content (AvgIpc) is 2.79. The molecular formula is C10H13NO2S. The zero-order chi connectivity index (χ0) is 10.3. The van der Waals surface area contributed by atoms with Crippen LogP contribution in [0.2, 0.25) is 0 Å². The number of carbonyl (C=O) groups is 1. The number of carbonyl (C=O) groups excluding carboxylic acids is 1. The van der Waals surface area contributed by atoms with E-state index in [9.17, 15) is 9.90 Å². The minimum absolute atomic E-state index is 0.00441. The molecule has 1 unspecified atom stereocenters. The van der Waals surface area contributed by atoms with Crippen LogP contribution in [-0.2, 0) is 0 Å². The van der Waals surface area contributed by atoms with Gasteiger partial charge in [0.1, 0.15) is 11.1 Å². The summed E-state index contributed by atoms with van der Waals surface area (Å²) >= 11 is 1.31. The molecule has 1 fully saturated rings. The molecule has 0 saturated heterocycles. The second-order valence-corrected chi connectivity index (χ2v) is 5.24. The van der Waals surface area contributed by atoms with E-state index < -0.39 is 6.10 Å². The van der Waals surface area contributed by atoms with E-state index in [2.05, 4.69) is 11.9 Å². The van der Waals surface area contributed by atoms with Crippen LogP contribution in [0.1, 0.15) is 46.2 Å². The number of aliphatic hydroxyl groups is 1. The van der Waals surface area contributed by atoms with Gasteiger partial charge in [0.05, 0.1) is 10.6 Å². The molecule has 4 heteroatoms. The zero-order valence-corrected chi connectivity index (χ0v) is 9.10. The van der Waals surface area contributed by atoms with Gasteiger partial charge < -0.3 is 5.11 Å². The van der Waals surface area contributed by atoms with Crippen molar-refractivity contribution in [3.05, 3.63) is 15.6 Å². The molecule has 1 aromatic rings. The van der Waals surface area contributed by atoms with E-state index in [1.54, 1.807) is 6.92 Å². The third-order valence-electron chi connectivity index (χ3n) is 2.89. The maximum absolute atomic E-state index is 10.6. The van der Waals surface area contributed by atoms with Crippen molar-refractivity contribution < 1.29 is 9.90 Å². The van der Waals surface area contributed by atoms with Gasteiger partial charge in [-0.05, 0) is 19.8 Å². The lowest BCUT2D eigenvalue weighted by atomic mass is 10.0. The quantitative estimate of drug-likeness (QED) is 0.779. The van der Waals surface area contributed by atoms with Crippen LogP contribution >= 0.6 is 11.3 Å². The molecule has 1 atom stereocenters. The van der Waals surface area contributed by atoms with Gasteiger partial charge in [0.2, 0.25) is 0 Å². The van der Waals surface area contributed by atoms with Crippen LogP contribution in [0.5, 0.6) is 0 Å². The topological polar surface area (TPSA) is 50.2 Å². The highest BCUT2D eigenvalue weighted by Gasteiger charge is 2.46. The van der Waals surface area contributed by atoms with Gasteiger partial charge in [-0.15, -0.1) is 11.3 Å². The highest BCUT2D eigenvalue weighted by Crippen LogP contribution is 2.54. The van der Waals surface area contributed by atoms with E-state index >= 15 is 0 Å². The molecule has 1 aliphatic rings. The number of rotatable bonds is 3. The average molecular weight is 211 g/mol. The summed E-state index contributed by atoms with van der Waals surface area (Å²) in [5, 5.41) is 10.7. The van der Waals surface area contributed by atoms with Gasteiger partial charge in [0.25, 0.3) is 0 Å². The van der Waals surface area contributed by atoms with Gasteiger partial charge in [-0.2, -0.15) is 0 Å². The van der Waals surface area contributed by atoms with Crippen molar-refractivity contribution in [1.29, 1.82) is 0 Å². The lowest BCUT2D eigenvalue weighted by Crippen LogP contribution is -2.09. The Labute approximate surface area is 86.8 Å². The standard InChI is InChI=1S/C10H13NO2S/c1-6-7(5-12)14-9(11-6)8(13)10(2)3-4-10/h5,8,13H,3-4H2,1-2H3. The summed E-state index contributed by atoms with van der Waals surface area (Å²) in [6, 6.07) is 0. The second kappa shape index (κ2) is 3.14. The zero-order valence-electron chi connectivity index (χ0n) is 8.28. The molecule has 0 radical (unpaired) electrons. The molecule has 1 saturated carbocycles.